The van der Waals surface area contributed by atoms with Crippen LogP contribution in [0.2, 0.25) is 0 Å². The maximum absolute atomic E-state index is 9.62. The standard InChI is InChI=1S/C19H14N4/c1-23-18-9-5-4-8-17(18)22-19(23)13(11-20)10-14-12-21-16-7-3-2-6-15(14)16/h2-10,12,21H,1H3. The second-order valence-corrected chi connectivity index (χ2v) is 5.44. The van der Waals surface area contributed by atoms with Gasteiger partial charge in [0, 0.05) is 29.7 Å². The van der Waals surface area contributed by atoms with Gasteiger partial charge in [0.05, 0.1) is 16.6 Å². The van der Waals surface area contributed by atoms with Gasteiger partial charge in [-0.3, -0.25) is 0 Å². The molecular formula is C19H14N4. The van der Waals surface area contributed by atoms with E-state index in [0.29, 0.717) is 11.4 Å². The molecule has 4 rings (SSSR count). The molecule has 2 aromatic carbocycles. The second-order valence-electron chi connectivity index (χ2n) is 5.44. The van der Waals surface area contributed by atoms with Crippen LogP contribution in [-0.4, -0.2) is 14.5 Å². The number of fused-ring (bicyclic) bond motifs is 2. The van der Waals surface area contributed by atoms with E-state index in [1.165, 1.54) is 0 Å². The molecule has 0 radical (unpaired) electrons. The lowest BCUT2D eigenvalue weighted by atomic mass is 10.1. The van der Waals surface area contributed by atoms with Crippen LogP contribution in [0, 0.1) is 11.3 Å². The molecule has 2 heterocycles. The molecule has 0 unspecified atom stereocenters. The van der Waals surface area contributed by atoms with E-state index in [1.54, 1.807) is 0 Å². The van der Waals surface area contributed by atoms with Gasteiger partial charge < -0.3 is 9.55 Å². The third-order valence-corrected chi connectivity index (χ3v) is 4.07. The number of allylic oxidation sites excluding steroid dienone is 1. The van der Waals surface area contributed by atoms with E-state index in [1.807, 2.05) is 72.4 Å². The van der Waals surface area contributed by atoms with Crippen LogP contribution >= 0.6 is 0 Å². The molecule has 2 aromatic heterocycles. The fourth-order valence-electron chi connectivity index (χ4n) is 2.90. The molecule has 0 fully saturated rings. The number of imidazole rings is 1. The molecule has 0 saturated carbocycles. The van der Waals surface area contributed by atoms with Crippen molar-refractivity contribution in [3.8, 4) is 6.07 Å². The van der Waals surface area contributed by atoms with Crippen LogP contribution < -0.4 is 0 Å². The number of nitriles is 1. The van der Waals surface area contributed by atoms with Crippen molar-refractivity contribution in [2.24, 2.45) is 7.05 Å². The van der Waals surface area contributed by atoms with E-state index in [-0.39, 0.29) is 0 Å². The molecule has 0 bridgehead atoms. The van der Waals surface area contributed by atoms with Crippen molar-refractivity contribution in [1.29, 1.82) is 5.26 Å². The molecule has 0 spiro atoms. The summed E-state index contributed by atoms with van der Waals surface area (Å²) in [6, 6.07) is 18.2. The Labute approximate surface area is 133 Å². The Kier molecular flexibility index (Phi) is 2.99. The van der Waals surface area contributed by atoms with Crippen LogP contribution in [0.4, 0.5) is 0 Å². The summed E-state index contributed by atoms with van der Waals surface area (Å²) in [6.45, 7) is 0. The molecule has 0 aliphatic rings. The van der Waals surface area contributed by atoms with Gasteiger partial charge in [0.25, 0.3) is 0 Å². The molecule has 0 saturated heterocycles. The van der Waals surface area contributed by atoms with E-state index in [2.05, 4.69) is 16.0 Å². The highest BCUT2D eigenvalue weighted by atomic mass is 15.1. The Morgan fingerprint density at radius 1 is 1.17 bits per heavy atom. The monoisotopic (exact) mass is 298 g/mol. The van der Waals surface area contributed by atoms with Gasteiger partial charge in [0.2, 0.25) is 0 Å². The van der Waals surface area contributed by atoms with Crippen molar-refractivity contribution in [1.82, 2.24) is 14.5 Å². The van der Waals surface area contributed by atoms with Crippen LogP contribution in [-0.2, 0) is 7.05 Å². The summed E-state index contributed by atoms with van der Waals surface area (Å²) in [4.78, 5) is 7.84. The topological polar surface area (TPSA) is 57.4 Å². The number of para-hydroxylation sites is 3. The van der Waals surface area contributed by atoms with Crippen molar-refractivity contribution in [2.45, 2.75) is 0 Å². The average molecular weight is 298 g/mol. The van der Waals surface area contributed by atoms with Gasteiger partial charge in [-0.2, -0.15) is 5.26 Å². The van der Waals surface area contributed by atoms with Crippen molar-refractivity contribution >= 4 is 33.6 Å². The minimum absolute atomic E-state index is 0.549. The molecule has 4 heteroatoms. The van der Waals surface area contributed by atoms with E-state index in [9.17, 15) is 5.26 Å². The molecule has 4 aromatic rings. The number of nitrogens with zero attached hydrogens (tertiary/aromatic N) is 3. The maximum atomic E-state index is 9.62. The van der Waals surface area contributed by atoms with Crippen molar-refractivity contribution < 1.29 is 0 Å². The van der Waals surface area contributed by atoms with Gasteiger partial charge in [-0.1, -0.05) is 30.3 Å². The number of aromatic nitrogens is 3. The van der Waals surface area contributed by atoms with Gasteiger partial charge in [0.15, 0.2) is 5.82 Å². The molecular weight excluding hydrogens is 284 g/mol. The first-order valence-corrected chi connectivity index (χ1v) is 7.37. The first-order chi connectivity index (χ1) is 11.3. The fourth-order valence-corrected chi connectivity index (χ4v) is 2.90. The zero-order chi connectivity index (χ0) is 15.8. The number of benzene rings is 2. The van der Waals surface area contributed by atoms with Crippen LogP contribution in [0.1, 0.15) is 11.4 Å². The third-order valence-electron chi connectivity index (χ3n) is 4.07. The summed E-state index contributed by atoms with van der Waals surface area (Å²) in [7, 11) is 1.94. The summed E-state index contributed by atoms with van der Waals surface area (Å²) in [6.07, 6.45) is 3.81. The van der Waals surface area contributed by atoms with E-state index >= 15 is 0 Å². The summed E-state index contributed by atoms with van der Waals surface area (Å²) in [5.41, 5.74) is 4.51. The number of H-pyrrole nitrogens is 1. The summed E-state index contributed by atoms with van der Waals surface area (Å²) < 4.78 is 1.96. The second kappa shape index (κ2) is 5.15. The number of rotatable bonds is 2. The maximum Gasteiger partial charge on any atom is 0.151 e. The van der Waals surface area contributed by atoms with Gasteiger partial charge in [0.1, 0.15) is 6.07 Å². The number of hydrogen-bond acceptors (Lipinski definition) is 2. The van der Waals surface area contributed by atoms with Gasteiger partial charge in [-0.25, -0.2) is 4.98 Å². The SMILES string of the molecule is Cn1c(C(C#N)=Cc2c[nH]c3ccccc23)nc2ccccc21. The minimum Gasteiger partial charge on any atom is -0.361 e. The van der Waals surface area contributed by atoms with Crippen LogP contribution in [0.25, 0.3) is 33.6 Å². The zero-order valence-corrected chi connectivity index (χ0v) is 12.6. The van der Waals surface area contributed by atoms with Crippen LogP contribution in [0.3, 0.4) is 0 Å². The Morgan fingerprint density at radius 3 is 2.78 bits per heavy atom. The Hall–Kier alpha value is -3.32. The van der Waals surface area contributed by atoms with Crippen molar-refractivity contribution in [2.75, 3.05) is 0 Å². The highest BCUT2D eigenvalue weighted by Crippen LogP contribution is 2.25. The quantitative estimate of drug-likeness (QED) is 0.566. The largest absolute Gasteiger partial charge is 0.361 e. The van der Waals surface area contributed by atoms with Gasteiger partial charge in [-0.15, -0.1) is 0 Å². The Morgan fingerprint density at radius 2 is 1.96 bits per heavy atom. The van der Waals surface area contributed by atoms with Crippen LogP contribution in [0.15, 0.2) is 54.7 Å². The molecule has 0 aliphatic heterocycles. The lowest BCUT2D eigenvalue weighted by Crippen LogP contribution is -1.95. The lowest BCUT2D eigenvalue weighted by molar-refractivity contribution is 0.925. The fraction of sp³-hybridized carbons (Fsp3) is 0.0526. The third kappa shape index (κ3) is 2.11. The predicted octanol–water partition coefficient (Wildman–Crippen LogP) is 4.12. The van der Waals surface area contributed by atoms with Gasteiger partial charge in [-0.05, 0) is 24.3 Å². The molecule has 23 heavy (non-hydrogen) atoms. The van der Waals surface area contributed by atoms with Crippen molar-refractivity contribution in [3.05, 3.63) is 66.1 Å². The first kappa shape index (κ1) is 13.4. The number of aromatic amines is 1. The Balaban J connectivity index is 1.91. The molecule has 0 atom stereocenters. The Bertz CT molecular complexity index is 1090. The molecule has 1 N–H and O–H groups in total. The average Bonchev–Trinajstić information content (AvgIpc) is 3.15. The smallest absolute Gasteiger partial charge is 0.151 e. The number of nitrogens with one attached hydrogen (secondary N) is 1. The summed E-state index contributed by atoms with van der Waals surface area (Å²) >= 11 is 0. The normalized spacial score (nSPS) is 11.9. The molecule has 4 nitrogen and oxygen atoms in total. The first-order valence-electron chi connectivity index (χ1n) is 7.37. The molecule has 110 valence electrons. The highest BCUT2D eigenvalue weighted by Gasteiger charge is 2.12. The number of aryl methyl sites for hydroxylation is 1. The summed E-state index contributed by atoms with van der Waals surface area (Å²) in [5.74, 6) is 0.680. The lowest BCUT2D eigenvalue weighted by Gasteiger charge is -2.00. The summed E-state index contributed by atoms with van der Waals surface area (Å²) in [5, 5.41) is 10.7. The highest BCUT2D eigenvalue weighted by molar-refractivity contribution is 5.97. The number of hydrogen-bond donors (Lipinski definition) is 1. The van der Waals surface area contributed by atoms with E-state index in [4.69, 9.17) is 0 Å². The molecule has 0 aliphatic carbocycles. The van der Waals surface area contributed by atoms with E-state index < -0.39 is 0 Å². The minimum atomic E-state index is 0.549. The zero-order valence-electron chi connectivity index (χ0n) is 12.6. The molecule has 0 amide bonds. The van der Waals surface area contributed by atoms with Crippen molar-refractivity contribution in [3.63, 3.8) is 0 Å². The van der Waals surface area contributed by atoms with Gasteiger partial charge >= 0.3 is 0 Å². The van der Waals surface area contributed by atoms with Crippen LogP contribution in [0.5, 0.6) is 0 Å². The van der Waals surface area contributed by atoms with E-state index in [0.717, 1.165) is 27.5 Å². The predicted molar refractivity (Wildman–Crippen MR) is 92.5 cm³/mol.